The van der Waals surface area contributed by atoms with Crippen LogP contribution in [0.3, 0.4) is 0 Å². The number of nitrogens with one attached hydrogen (secondary N) is 2. The molecule has 0 aromatic rings. The predicted molar refractivity (Wildman–Crippen MR) is 63.5 cm³/mol. The summed E-state index contributed by atoms with van der Waals surface area (Å²) in [5.41, 5.74) is 0. The highest BCUT2D eigenvalue weighted by atomic mass is 16.5. The van der Waals surface area contributed by atoms with Crippen LogP contribution in [0.4, 0.5) is 0 Å². The van der Waals surface area contributed by atoms with Crippen molar-refractivity contribution in [2.75, 3.05) is 33.3 Å². The Labute approximate surface area is 102 Å². The maximum Gasteiger partial charge on any atom is 0.253 e. The van der Waals surface area contributed by atoms with Crippen molar-refractivity contribution < 1.29 is 14.3 Å². The number of nitrogens with zero attached hydrogens (tertiary/aromatic N) is 1. The zero-order valence-corrected chi connectivity index (χ0v) is 10.7. The predicted octanol–water partition coefficient (Wildman–Crippen LogP) is -1.04. The lowest BCUT2D eigenvalue weighted by atomic mass is 10.2. The Kier molecular flexibility index (Phi) is 5.37. The summed E-state index contributed by atoms with van der Waals surface area (Å²) in [6.45, 7) is 5.64. The Morgan fingerprint density at radius 1 is 1.53 bits per heavy atom. The Morgan fingerprint density at radius 2 is 2.24 bits per heavy atom. The van der Waals surface area contributed by atoms with Crippen molar-refractivity contribution >= 4 is 11.8 Å². The Morgan fingerprint density at radius 3 is 2.76 bits per heavy atom. The number of hydrogen-bond donors (Lipinski definition) is 2. The van der Waals surface area contributed by atoms with Crippen LogP contribution in [-0.2, 0) is 14.3 Å². The molecule has 1 rings (SSSR count). The number of carbonyl (C=O) groups excluding carboxylic acids is 2. The lowest BCUT2D eigenvalue weighted by molar-refractivity contribution is -0.146. The van der Waals surface area contributed by atoms with Gasteiger partial charge in [-0.15, -0.1) is 0 Å². The number of rotatable bonds is 4. The highest BCUT2D eigenvalue weighted by Gasteiger charge is 2.25. The standard InChI is InChI=1S/C11H21N3O3/c1-8(2)13-10(15)7-14(3)11(16)9-6-12-4-5-17-9/h8-9,12H,4-7H2,1-3H3,(H,13,15). The van der Waals surface area contributed by atoms with Crippen LogP contribution in [-0.4, -0.2) is 62.1 Å². The van der Waals surface area contributed by atoms with E-state index in [0.29, 0.717) is 13.2 Å². The van der Waals surface area contributed by atoms with Crippen LogP contribution >= 0.6 is 0 Å². The summed E-state index contributed by atoms with van der Waals surface area (Å²) < 4.78 is 5.34. The van der Waals surface area contributed by atoms with Crippen LogP contribution < -0.4 is 10.6 Å². The summed E-state index contributed by atoms with van der Waals surface area (Å²) in [5, 5.41) is 5.83. The molecule has 6 heteroatoms. The summed E-state index contributed by atoms with van der Waals surface area (Å²) in [4.78, 5) is 24.8. The van der Waals surface area contributed by atoms with Crippen molar-refractivity contribution in [2.45, 2.75) is 26.0 Å². The third-order valence-electron chi connectivity index (χ3n) is 2.41. The fourth-order valence-corrected chi connectivity index (χ4v) is 1.63. The van der Waals surface area contributed by atoms with E-state index in [2.05, 4.69) is 10.6 Å². The van der Waals surface area contributed by atoms with Crippen molar-refractivity contribution in [1.29, 1.82) is 0 Å². The molecule has 0 radical (unpaired) electrons. The van der Waals surface area contributed by atoms with Crippen LogP contribution in [0.1, 0.15) is 13.8 Å². The van der Waals surface area contributed by atoms with Gasteiger partial charge in [-0.1, -0.05) is 0 Å². The van der Waals surface area contributed by atoms with E-state index in [0.717, 1.165) is 6.54 Å². The van der Waals surface area contributed by atoms with Crippen LogP contribution in [0.25, 0.3) is 0 Å². The number of morpholine rings is 1. The van der Waals surface area contributed by atoms with Gasteiger partial charge in [-0.05, 0) is 13.8 Å². The second-order valence-corrected chi connectivity index (χ2v) is 4.48. The average Bonchev–Trinajstić information content (AvgIpc) is 2.28. The van der Waals surface area contributed by atoms with Gasteiger partial charge >= 0.3 is 0 Å². The molecule has 1 aliphatic heterocycles. The molecule has 2 amide bonds. The van der Waals surface area contributed by atoms with Gasteiger partial charge in [-0.25, -0.2) is 0 Å². The van der Waals surface area contributed by atoms with E-state index in [1.54, 1.807) is 7.05 Å². The van der Waals surface area contributed by atoms with Crippen molar-refractivity contribution in [1.82, 2.24) is 15.5 Å². The fraction of sp³-hybridized carbons (Fsp3) is 0.818. The van der Waals surface area contributed by atoms with E-state index in [-0.39, 0.29) is 24.4 Å². The van der Waals surface area contributed by atoms with Crippen molar-refractivity contribution in [3.63, 3.8) is 0 Å². The highest BCUT2D eigenvalue weighted by molar-refractivity contribution is 5.87. The fourth-order valence-electron chi connectivity index (χ4n) is 1.63. The van der Waals surface area contributed by atoms with Crippen LogP contribution in [0, 0.1) is 0 Å². The molecular weight excluding hydrogens is 222 g/mol. The van der Waals surface area contributed by atoms with E-state index in [9.17, 15) is 9.59 Å². The quantitative estimate of drug-likeness (QED) is 0.661. The molecule has 0 aromatic heterocycles. The summed E-state index contributed by atoms with van der Waals surface area (Å²) in [7, 11) is 1.61. The first-order valence-corrected chi connectivity index (χ1v) is 5.87. The van der Waals surface area contributed by atoms with Crippen LogP contribution in [0.5, 0.6) is 0 Å². The summed E-state index contributed by atoms with van der Waals surface area (Å²) in [6, 6.07) is 0.0820. The maximum absolute atomic E-state index is 11.9. The number of carbonyl (C=O) groups is 2. The zero-order chi connectivity index (χ0) is 12.8. The Bertz CT molecular complexity index is 275. The van der Waals surface area contributed by atoms with Gasteiger partial charge in [0, 0.05) is 26.2 Å². The average molecular weight is 243 g/mol. The molecule has 0 aromatic carbocycles. The minimum atomic E-state index is -0.472. The van der Waals surface area contributed by atoms with Crippen molar-refractivity contribution in [3.8, 4) is 0 Å². The van der Waals surface area contributed by atoms with Gasteiger partial charge in [0.05, 0.1) is 13.2 Å². The molecule has 6 nitrogen and oxygen atoms in total. The Hall–Kier alpha value is -1.14. The van der Waals surface area contributed by atoms with Gasteiger partial charge in [0.2, 0.25) is 5.91 Å². The minimum absolute atomic E-state index is 0.0663. The van der Waals surface area contributed by atoms with Crippen LogP contribution in [0.2, 0.25) is 0 Å². The van der Waals surface area contributed by atoms with Crippen molar-refractivity contribution in [2.24, 2.45) is 0 Å². The first kappa shape index (κ1) is 13.9. The van der Waals surface area contributed by atoms with Gasteiger partial charge in [-0.2, -0.15) is 0 Å². The molecule has 2 N–H and O–H groups in total. The molecule has 0 aliphatic carbocycles. The number of hydrogen-bond acceptors (Lipinski definition) is 4. The van der Waals surface area contributed by atoms with Crippen molar-refractivity contribution in [3.05, 3.63) is 0 Å². The SMILES string of the molecule is CC(C)NC(=O)CN(C)C(=O)C1CNCCO1. The molecular formula is C11H21N3O3. The molecule has 0 saturated carbocycles. The van der Waals surface area contributed by atoms with E-state index in [4.69, 9.17) is 4.74 Å². The summed E-state index contributed by atoms with van der Waals surface area (Å²) in [6.07, 6.45) is -0.472. The molecule has 1 atom stereocenters. The van der Waals surface area contributed by atoms with E-state index in [1.807, 2.05) is 13.8 Å². The highest BCUT2D eigenvalue weighted by Crippen LogP contribution is 2.00. The molecule has 1 fully saturated rings. The summed E-state index contributed by atoms with van der Waals surface area (Å²) >= 11 is 0. The molecule has 17 heavy (non-hydrogen) atoms. The van der Waals surface area contributed by atoms with E-state index >= 15 is 0 Å². The van der Waals surface area contributed by atoms with E-state index < -0.39 is 6.10 Å². The normalized spacial score (nSPS) is 20.1. The van der Waals surface area contributed by atoms with Gasteiger partial charge < -0.3 is 20.3 Å². The molecule has 98 valence electrons. The second kappa shape index (κ2) is 6.56. The topological polar surface area (TPSA) is 70.7 Å². The monoisotopic (exact) mass is 243 g/mol. The van der Waals surface area contributed by atoms with Gasteiger partial charge in [0.25, 0.3) is 5.91 Å². The third kappa shape index (κ3) is 4.70. The Balaban J connectivity index is 2.37. The van der Waals surface area contributed by atoms with Gasteiger partial charge in [-0.3, -0.25) is 9.59 Å². The third-order valence-corrected chi connectivity index (χ3v) is 2.41. The lowest BCUT2D eigenvalue weighted by Gasteiger charge is -2.27. The number of likely N-dealkylation sites (N-methyl/N-ethyl adjacent to an activating group) is 1. The van der Waals surface area contributed by atoms with Gasteiger partial charge in [0.15, 0.2) is 0 Å². The zero-order valence-electron chi connectivity index (χ0n) is 10.7. The number of ether oxygens (including phenoxy) is 1. The maximum atomic E-state index is 11.9. The van der Waals surface area contributed by atoms with Gasteiger partial charge in [0.1, 0.15) is 6.10 Å². The molecule has 1 heterocycles. The van der Waals surface area contributed by atoms with Crippen LogP contribution in [0.15, 0.2) is 0 Å². The lowest BCUT2D eigenvalue weighted by Crippen LogP contribution is -2.50. The molecule has 1 aliphatic rings. The largest absolute Gasteiger partial charge is 0.366 e. The second-order valence-electron chi connectivity index (χ2n) is 4.48. The van der Waals surface area contributed by atoms with E-state index in [1.165, 1.54) is 4.90 Å². The molecule has 0 spiro atoms. The smallest absolute Gasteiger partial charge is 0.253 e. The molecule has 0 bridgehead atoms. The first-order chi connectivity index (χ1) is 8.00. The number of amides is 2. The minimum Gasteiger partial charge on any atom is -0.366 e. The molecule has 1 unspecified atom stereocenters. The first-order valence-electron chi connectivity index (χ1n) is 5.87. The summed E-state index contributed by atoms with van der Waals surface area (Å²) in [5.74, 6) is -0.310. The molecule has 1 saturated heterocycles.